The molecule has 1 N–H and O–H groups in total. The number of carbonyl (C=O) groups is 3. The van der Waals surface area contributed by atoms with Crippen LogP contribution >= 0.6 is 0 Å². The number of nitrogens with one attached hydrogen (secondary N) is 1. The maximum Gasteiger partial charge on any atom is 0.409 e. The molecular weight excluding hydrogens is 348 g/mol. The van der Waals surface area contributed by atoms with E-state index in [4.69, 9.17) is 4.74 Å². The molecule has 1 heterocycles. The highest BCUT2D eigenvalue weighted by molar-refractivity contribution is 5.92. The zero-order valence-electron chi connectivity index (χ0n) is 16.2. The van der Waals surface area contributed by atoms with E-state index in [2.05, 4.69) is 5.32 Å². The molecule has 0 bridgehead atoms. The lowest BCUT2D eigenvalue weighted by molar-refractivity contribution is -0.134. The first-order chi connectivity index (χ1) is 12.9. The molecular formula is C19H28N4O4. The van der Waals surface area contributed by atoms with Gasteiger partial charge in [0.1, 0.15) is 0 Å². The van der Waals surface area contributed by atoms with Crippen molar-refractivity contribution in [1.82, 2.24) is 14.7 Å². The Balaban J connectivity index is 1.73. The van der Waals surface area contributed by atoms with Gasteiger partial charge in [-0.15, -0.1) is 0 Å². The summed E-state index contributed by atoms with van der Waals surface area (Å²) in [6.45, 7) is 6.24. The number of anilines is 1. The van der Waals surface area contributed by atoms with Crippen molar-refractivity contribution in [1.29, 1.82) is 0 Å². The summed E-state index contributed by atoms with van der Waals surface area (Å²) in [6, 6.07) is 7.56. The van der Waals surface area contributed by atoms with E-state index in [1.165, 1.54) is 0 Å². The molecule has 148 valence electrons. The first kappa shape index (κ1) is 20.7. The lowest BCUT2D eigenvalue weighted by atomic mass is 10.2. The predicted molar refractivity (Wildman–Crippen MR) is 102 cm³/mol. The molecule has 1 aliphatic heterocycles. The van der Waals surface area contributed by atoms with Crippen LogP contribution in [0, 0.1) is 6.92 Å². The van der Waals surface area contributed by atoms with Crippen LogP contribution in [-0.4, -0.2) is 85.5 Å². The molecule has 1 aliphatic rings. The van der Waals surface area contributed by atoms with E-state index >= 15 is 0 Å². The number of piperazine rings is 1. The number of aryl methyl sites for hydroxylation is 1. The van der Waals surface area contributed by atoms with Gasteiger partial charge in [0, 0.05) is 31.9 Å². The number of amides is 3. The standard InChI is InChI=1S/C19H28N4O4/c1-4-27-19(26)23-11-9-22(10-12-23)18(25)14-21(3)13-17(24)20-16-7-5-15(2)6-8-16/h5-8H,4,9-14H2,1-3H3,(H,20,24). The SMILES string of the molecule is CCOC(=O)N1CCN(C(=O)CN(C)CC(=O)Nc2ccc(C)cc2)CC1. The summed E-state index contributed by atoms with van der Waals surface area (Å²) in [4.78, 5) is 41.2. The molecule has 0 radical (unpaired) electrons. The smallest absolute Gasteiger partial charge is 0.409 e. The van der Waals surface area contributed by atoms with Gasteiger partial charge in [0.25, 0.3) is 0 Å². The number of ether oxygens (including phenoxy) is 1. The van der Waals surface area contributed by atoms with Crippen LogP contribution in [0.2, 0.25) is 0 Å². The highest BCUT2D eigenvalue weighted by Gasteiger charge is 2.25. The third-order valence-electron chi connectivity index (χ3n) is 4.31. The number of carbonyl (C=O) groups excluding carboxylic acids is 3. The van der Waals surface area contributed by atoms with Crippen molar-refractivity contribution in [2.75, 3.05) is 58.2 Å². The van der Waals surface area contributed by atoms with Crippen molar-refractivity contribution in [2.45, 2.75) is 13.8 Å². The van der Waals surface area contributed by atoms with E-state index in [-0.39, 0.29) is 31.0 Å². The Kier molecular flexibility index (Phi) is 7.60. The van der Waals surface area contributed by atoms with E-state index in [1.54, 1.807) is 28.7 Å². The summed E-state index contributed by atoms with van der Waals surface area (Å²) in [5.41, 5.74) is 1.86. The van der Waals surface area contributed by atoms with E-state index in [9.17, 15) is 14.4 Å². The van der Waals surface area contributed by atoms with Gasteiger partial charge in [-0.05, 0) is 33.0 Å². The number of benzene rings is 1. The normalized spacial score (nSPS) is 14.2. The quantitative estimate of drug-likeness (QED) is 0.806. The molecule has 0 spiro atoms. The van der Waals surface area contributed by atoms with Crippen molar-refractivity contribution >= 4 is 23.6 Å². The zero-order chi connectivity index (χ0) is 19.8. The predicted octanol–water partition coefficient (Wildman–Crippen LogP) is 1.17. The number of likely N-dealkylation sites (N-methyl/N-ethyl adjacent to an activating group) is 1. The van der Waals surface area contributed by atoms with Crippen molar-refractivity contribution in [2.24, 2.45) is 0 Å². The van der Waals surface area contributed by atoms with Gasteiger partial charge in [0.05, 0.1) is 19.7 Å². The Bertz CT molecular complexity index is 654. The molecule has 0 aliphatic carbocycles. The molecule has 0 atom stereocenters. The fraction of sp³-hybridized carbons (Fsp3) is 0.526. The number of hydrogen-bond acceptors (Lipinski definition) is 5. The molecule has 0 aromatic heterocycles. The third-order valence-corrected chi connectivity index (χ3v) is 4.31. The van der Waals surface area contributed by atoms with Gasteiger partial charge in [-0.1, -0.05) is 17.7 Å². The van der Waals surface area contributed by atoms with Gasteiger partial charge >= 0.3 is 6.09 Å². The maximum absolute atomic E-state index is 12.4. The molecule has 1 aromatic carbocycles. The zero-order valence-corrected chi connectivity index (χ0v) is 16.2. The molecule has 27 heavy (non-hydrogen) atoms. The van der Waals surface area contributed by atoms with Crippen LogP contribution < -0.4 is 5.32 Å². The maximum atomic E-state index is 12.4. The van der Waals surface area contributed by atoms with Crippen molar-refractivity contribution in [3.8, 4) is 0 Å². The minimum Gasteiger partial charge on any atom is -0.450 e. The van der Waals surface area contributed by atoms with Gasteiger partial charge in [-0.3, -0.25) is 14.5 Å². The Labute approximate surface area is 160 Å². The lowest BCUT2D eigenvalue weighted by Crippen LogP contribution is -2.52. The first-order valence-electron chi connectivity index (χ1n) is 9.13. The van der Waals surface area contributed by atoms with E-state index in [0.29, 0.717) is 32.8 Å². The van der Waals surface area contributed by atoms with Crippen LogP contribution in [0.4, 0.5) is 10.5 Å². The molecule has 8 nitrogen and oxygen atoms in total. The first-order valence-corrected chi connectivity index (χ1v) is 9.13. The summed E-state index contributed by atoms with van der Waals surface area (Å²) in [7, 11) is 1.74. The van der Waals surface area contributed by atoms with Crippen molar-refractivity contribution < 1.29 is 19.1 Å². The van der Waals surface area contributed by atoms with Gasteiger partial charge in [0.15, 0.2) is 0 Å². The molecule has 1 saturated heterocycles. The fourth-order valence-corrected chi connectivity index (χ4v) is 2.82. The molecule has 8 heteroatoms. The van der Waals surface area contributed by atoms with E-state index in [0.717, 1.165) is 11.3 Å². The minimum absolute atomic E-state index is 0.0517. The van der Waals surface area contributed by atoms with Crippen LogP contribution in [0.15, 0.2) is 24.3 Å². The van der Waals surface area contributed by atoms with Crippen molar-refractivity contribution in [3.63, 3.8) is 0 Å². The Morgan fingerprint density at radius 1 is 1.04 bits per heavy atom. The van der Waals surface area contributed by atoms with Gasteiger partial charge in [-0.25, -0.2) is 4.79 Å². The van der Waals surface area contributed by atoms with Crippen LogP contribution in [0.1, 0.15) is 12.5 Å². The topological polar surface area (TPSA) is 82.2 Å². The number of hydrogen-bond donors (Lipinski definition) is 1. The minimum atomic E-state index is -0.338. The van der Waals surface area contributed by atoms with E-state index in [1.807, 2.05) is 31.2 Å². The van der Waals surface area contributed by atoms with Crippen LogP contribution in [0.5, 0.6) is 0 Å². The highest BCUT2D eigenvalue weighted by Crippen LogP contribution is 2.09. The average Bonchev–Trinajstić information content (AvgIpc) is 2.63. The largest absolute Gasteiger partial charge is 0.450 e. The number of rotatable bonds is 6. The monoisotopic (exact) mass is 376 g/mol. The summed E-state index contributed by atoms with van der Waals surface area (Å²) < 4.78 is 4.97. The van der Waals surface area contributed by atoms with Crippen molar-refractivity contribution in [3.05, 3.63) is 29.8 Å². The molecule has 1 aromatic rings. The lowest BCUT2D eigenvalue weighted by Gasteiger charge is -2.34. The summed E-state index contributed by atoms with van der Waals surface area (Å²) in [5.74, 6) is -0.217. The molecule has 0 saturated carbocycles. The Morgan fingerprint density at radius 2 is 1.63 bits per heavy atom. The van der Waals surface area contributed by atoms with Gasteiger partial charge in [0.2, 0.25) is 11.8 Å². The molecule has 2 rings (SSSR count). The Morgan fingerprint density at radius 3 is 2.22 bits per heavy atom. The second kappa shape index (κ2) is 9.91. The second-order valence-electron chi connectivity index (χ2n) is 6.65. The van der Waals surface area contributed by atoms with E-state index < -0.39 is 0 Å². The highest BCUT2D eigenvalue weighted by atomic mass is 16.6. The fourth-order valence-electron chi connectivity index (χ4n) is 2.82. The molecule has 1 fully saturated rings. The van der Waals surface area contributed by atoms with Crippen LogP contribution in [0.3, 0.4) is 0 Å². The summed E-state index contributed by atoms with van der Waals surface area (Å²) in [5, 5.41) is 2.82. The summed E-state index contributed by atoms with van der Waals surface area (Å²) in [6.07, 6.45) is -0.338. The van der Waals surface area contributed by atoms with Gasteiger partial charge in [-0.2, -0.15) is 0 Å². The second-order valence-corrected chi connectivity index (χ2v) is 6.65. The van der Waals surface area contributed by atoms with Crippen LogP contribution in [-0.2, 0) is 14.3 Å². The molecule has 3 amide bonds. The summed E-state index contributed by atoms with van der Waals surface area (Å²) >= 11 is 0. The van der Waals surface area contributed by atoms with Crippen LogP contribution in [0.25, 0.3) is 0 Å². The number of nitrogens with zero attached hydrogens (tertiary/aromatic N) is 3. The average molecular weight is 376 g/mol. The Hall–Kier alpha value is -2.61. The molecule has 0 unspecified atom stereocenters. The third kappa shape index (κ3) is 6.56. The van der Waals surface area contributed by atoms with Gasteiger partial charge < -0.3 is 19.9 Å².